The summed E-state index contributed by atoms with van der Waals surface area (Å²) in [6, 6.07) is 10.1. The fraction of sp³-hybridized carbons (Fsp3) is 0.111. The number of carbonyl (C=O) groups is 1. The fourth-order valence-corrected chi connectivity index (χ4v) is 3.06. The molecule has 4 rings (SSSR count). The van der Waals surface area contributed by atoms with Crippen molar-refractivity contribution in [1.82, 2.24) is 5.01 Å². The van der Waals surface area contributed by atoms with Crippen LogP contribution in [-0.2, 0) is 6.18 Å². The number of ether oxygens (including phenoxy) is 1. The Labute approximate surface area is 174 Å². The van der Waals surface area contributed by atoms with Gasteiger partial charge in [-0.25, -0.2) is 9.80 Å². The number of halogens is 3. The third-order valence-electron chi connectivity index (χ3n) is 4.25. The fourth-order valence-electron chi connectivity index (χ4n) is 3.06. The number of amides is 2. The van der Waals surface area contributed by atoms with E-state index in [1.165, 1.54) is 18.4 Å². The Bertz CT molecular complexity index is 955. The Morgan fingerprint density at radius 1 is 1.11 bits per heavy atom. The summed E-state index contributed by atoms with van der Waals surface area (Å²) in [4.78, 5) is 11.9. The molecule has 0 saturated carbocycles. The molecule has 1 radical (unpaired) electrons. The zero-order valence-electron chi connectivity index (χ0n) is 14.2. The topological polar surface area (TPSA) is 67.9 Å². The van der Waals surface area contributed by atoms with E-state index < -0.39 is 23.8 Å². The van der Waals surface area contributed by atoms with Crippen molar-refractivity contribution in [2.24, 2.45) is 10.8 Å². The van der Waals surface area contributed by atoms with Crippen molar-refractivity contribution in [1.29, 1.82) is 0 Å². The van der Waals surface area contributed by atoms with Crippen molar-refractivity contribution >= 4 is 41.3 Å². The van der Waals surface area contributed by atoms with Crippen LogP contribution in [0.25, 0.3) is 0 Å². The summed E-state index contributed by atoms with van der Waals surface area (Å²) in [5.74, 6) is 0.576. The molecule has 0 aromatic heterocycles. The molecule has 5 nitrogen and oxygen atoms in total. The molecule has 1 atom stereocenters. The molecule has 2 aromatic rings. The molecule has 1 unspecified atom stereocenters. The summed E-state index contributed by atoms with van der Waals surface area (Å²) in [5.41, 5.74) is 6.86. The maximum absolute atomic E-state index is 12.8. The number of nitrogens with zero attached hydrogens (tertiary/aromatic N) is 2. The number of carbonyl (C=O) groups excluding carboxylic acids is 1. The Morgan fingerprint density at radius 2 is 1.78 bits per heavy atom. The second-order valence-corrected chi connectivity index (χ2v) is 5.84. The summed E-state index contributed by atoms with van der Waals surface area (Å²) in [5, 5.41) is 5.34. The summed E-state index contributed by atoms with van der Waals surface area (Å²) >= 11 is 0. The average Bonchev–Trinajstić information content (AvgIpc) is 3.01. The summed E-state index contributed by atoms with van der Waals surface area (Å²) in [7, 11) is 0. The molecular formula is C18H12F3N3NaO2. The Kier molecular flexibility index (Phi) is 5.07. The molecule has 27 heavy (non-hydrogen) atoms. The molecule has 2 N–H and O–H groups in total. The minimum absolute atomic E-state index is 0. The van der Waals surface area contributed by atoms with Crippen LogP contribution >= 0.6 is 0 Å². The number of urea groups is 1. The number of fused-ring (bicyclic) bond motifs is 3. The quantitative estimate of drug-likeness (QED) is 0.768. The van der Waals surface area contributed by atoms with Gasteiger partial charge in [-0.2, -0.15) is 18.3 Å². The molecule has 0 aliphatic carbocycles. The van der Waals surface area contributed by atoms with Gasteiger partial charge in [0.15, 0.2) is 0 Å². The number of benzene rings is 2. The number of hydrogen-bond donors (Lipinski definition) is 1. The zero-order valence-corrected chi connectivity index (χ0v) is 16.2. The number of hydrogen-bond acceptors (Lipinski definition) is 3. The van der Waals surface area contributed by atoms with Crippen LogP contribution in [0.1, 0.15) is 22.7 Å². The Balaban J connectivity index is 0.00000210. The van der Waals surface area contributed by atoms with E-state index in [1.54, 1.807) is 24.3 Å². The van der Waals surface area contributed by atoms with E-state index in [2.05, 4.69) is 5.10 Å². The first-order valence-corrected chi connectivity index (χ1v) is 7.67. The van der Waals surface area contributed by atoms with E-state index in [1.807, 2.05) is 0 Å². The van der Waals surface area contributed by atoms with Gasteiger partial charge in [-0.15, -0.1) is 0 Å². The molecule has 0 spiro atoms. The molecule has 133 valence electrons. The van der Waals surface area contributed by atoms with Gasteiger partial charge in [-0.1, -0.05) is 24.3 Å². The smallest absolute Gasteiger partial charge is 0.416 e. The van der Waals surface area contributed by atoms with E-state index in [-0.39, 0.29) is 29.6 Å². The molecule has 2 heterocycles. The van der Waals surface area contributed by atoms with Gasteiger partial charge in [0, 0.05) is 40.7 Å². The van der Waals surface area contributed by atoms with Crippen LogP contribution in [0.4, 0.5) is 18.0 Å². The normalized spacial score (nSPS) is 17.7. The van der Waals surface area contributed by atoms with Gasteiger partial charge >= 0.3 is 12.2 Å². The minimum atomic E-state index is -4.44. The van der Waals surface area contributed by atoms with Gasteiger partial charge in [-0.3, -0.25) is 0 Å². The summed E-state index contributed by atoms with van der Waals surface area (Å²) in [6.45, 7) is 0. The van der Waals surface area contributed by atoms with E-state index in [0.717, 1.165) is 17.1 Å². The summed E-state index contributed by atoms with van der Waals surface area (Å²) in [6.07, 6.45) is -2.99. The first-order chi connectivity index (χ1) is 12.4. The molecule has 2 aliphatic heterocycles. The van der Waals surface area contributed by atoms with E-state index in [4.69, 9.17) is 10.5 Å². The molecule has 2 aromatic carbocycles. The van der Waals surface area contributed by atoms with Crippen LogP contribution in [0, 0.1) is 0 Å². The number of hydrazone groups is 1. The first-order valence-electron chi connectivity index (χ1n) is 7.67. The molecule has 2 aliphatic rings. The van der Waals surface area contributed by atoms with Gasteiger partial charge in [0.25, 0.3) is 0 Å². The third-order valence-corrected chi connectivity index (χ3v) is 4.25. The predicted molar refractivity (Wildman–Crippen MR) is 93.1 cm³/mol. The van der Waals surface area contributed by atoms with Crippen molar-refractivity contribution in [2.75, 3.05) is 0 Å². The van der Waals surface area contributed by atoms with Crippen molar-refractivity contribution < 1.29 is 22.7 Å². The van der Waals surface area contributed by atoms with E-state index >= 15 is 0 Å². The second kappa shape index (κ2) is 7.03. The standard InChI is InChI=1S/C18H12F3N3O2.Na/c19-18(20,21)11-7-5-10(6-8-11)16-13-9-26-14-4-2-1-3-12(14)15(13)23-24(16)17(22)25;/h1-9,16H,(H2,22,25);. The van der Waals surface area contributed by atoms with Crippen LogP contribution in [-0.4, -0.2) is 46.3 Å². The van der Waals surface area contributed by atoms with Crippen LogP contribution in [0.15, 0.2) is 65.5 Å². The Morgan fingerprint density at radius 3 is 2.41 bits per heavy atom. The number of rotatable bonds is 1. The largest absolute Gasteiger partial charge is 0.464 e. The van der Waals surface area contributed by atoms with Gasteiger partial charge in [-0.05, 0) is 29.8 Å². The van der Waals surface area contributed by atoms with Crippen molar-refractivity contribution in [2.45, 2.75) is 12.2 Å². The van der Waals surface area contributed by atoms with Gasteiger partial charge < -0.3 is 10.5 Å². The van der Waals surface area contributed by atoms with Crippen LogP contribution in [0.5, 0.6) is 5.75 Å². The zero-order chi connectivity index (χ0) is 18.5. The van der Waals surface area contributed by atoms with Crippen molar-refractivity contribution in [3.63, 3.8) is 0 Å². The predicted octanol–water partition coefficient (Wildman–Crippen LogP) is 3.44. The van der Waals surface area contributed by atoms with Crippen LogP contribution < -0.4 is 10.5 Å². The maximum atomic E-state index is 12.8. The second-order valence-electron chi connectivity index (χ2n) is 5.84. The van der Waals surface area contributed by atoms with Gasteiger partial charge in [0.1, 0.15) is 17.5 Å². The average molecular weight is 382 g/mol. The monoisotopic (exact) mass is 382 g/mol. The number of alkyl halides is 3. The number of primary amides is 1. The van der Waals surface area contributed by atoms with Crippen molar-refractivity contribution in [3.05, 3.63) is 77.1 Å². The van der Waals surface area contributed by atoms with E-state index in [9.17, 15) is 18.0 Å². The molecule has 9 heteroatoms. The SMILES string of the molecule is NC(=O)N1N=C2C(=COc3ccccc32)C1c1ccc(C(F)(F)F)cc1.[Na]. The molecule has 0 saturated heterocycles. The molecule has 2 amide bonds. The van der Waals surface area contributed by atoms with Gasteiger partial charge in [0.05, 0.1) is 11.8 Å². The number of para-hydroxylation sites is 1. The van der Waals surface area contributed by atoms with Crippen LogP contribution in [0.3, 0.4) is 0 Å². The maximum Gasteiger partial charge on any atom is 0.416 e. The van der Waals surface area contributed by atoms with Crippen molar-refractivity contribution in [3.8, 4) is 5.75 Å². The van der Waals surface area contributed by atoms with E-state index in [0.29, 0.717) is 28.2 Å². The number of nitrogens with two attached hydrogens (primary N) is 1. The third kappa shape index (κ3) is 3.36. The first kappa shape index (κ1) is 19.5. The Hall–Kier alpha value is -2.29. The molecular weight excluding hydrogens is 370 g/mol. The molecule has 0 fully saturated rings. The molecule has 0 bridgehead atoms. The van der Waals surface area contributed by atoms with Gasteiger partial charge in [0.2, 0.25) is 0 Å². The van der Waals surface area contributed by atoms with Crippen LogP contribution in [0.2, 0.25) is 0 Å². The minimum Gasteiger partial charge on any atom is -0.464 e. The summed E-state index contributed by atoms with van der Waals surface area (Å²) < 4.78 is 44.0.